The number of carboxylic acid groups (broad SMARTS) is 2. The Bertz CT molecular complexity index is 1090. The van der Waals surface area contributed by atoms with E-state index in [2.05, 4.69) is 16.1 Å². The van der Waals surface area contributed by atoms with Crippen LogP contribution in [0.3, 0.4) is 0 Å². The van der Waals surface area contributed by atoms with Crippen LogP contribution in [0.4, 0.5) is 9.59 Å². The van der Waals surface area contributed by atoms with Crippen LogP contribution >= 0.6 is 0 Å². The van der Waals surface area contributed by atoms with Crippen LogP contribution in [0.15, 0.2) is 60.7 Å². The van der Waals surface area contributed by atoms with E-state index < -0.39 is 23.9 Å². The van der Waals surface area contributed by atoms with Crippen LogP contribution < -0.4 is 16.1 Å². The molecule has 0 radical (unpaired) electrons. The van der Waals surface area contributed by atoms with Crippen LogP contribution in [-0.4, -0.2) is 64.3 Å². The fraction of sp³-hybridized carbons (Fsp3) is 0.500. The van der Waals surface area contributed by atoms with Crippen LogP contribution in [0.25, 0.3) is 0 Å². The van der Waals surface area contributed by atoms with Gasteiger partial charge in [-0.25, -0.2) is 9.59 Å². The van der Waals surface area contributed by atoms with Gasteiger partial charge in [0.1, 0.15) is 18.2 Å². The quantitative estimate of drug-likeness (QED) is 0.0596. The summed E-state index contributed by atoms with van der Waals surface area (Å²) in [6.45, 7) is 4.18. The molecule has 10 heteroatoms. The number of amides is 2. The van der Waals surface area contributed by atoms with Crippen molar-refractivity contribution >= 4 is 24.8 Å². The minimum Gasteiger partial charge on any atom is -0.465 e. The summed E-state index contributed by atoms with van der Waals surface area (Å²) < 4.78 is 0. The lowest BCUT2D eigenvalue weighted by atomic mass is 9.78. The minimum absolute atomic E-state index is 0.140. The second-order valence-electron chi connectivity index (χ2n) is 10.9. The summed E-state index contributed by atoms with van der Waals surface area (Å²) in [4.78, 5) is 47.2. The van der Waals surface area contributed by atoms with Gasteiger partial charge in [-0.2, -0.15) is 5.01 Å². The number of hydrogen-bond acceptors (Lipinski definition) is 6. The van der Waals surface area contributed by atoms with Crippen molar-refractivity contribution in [3.8, 4) is 0 Å². The zero-order valence-electron chi connectivity index (χ0n) is 24.7. The molecular formula is C32H46N4O6. The predicted molar refractivity (Wildman–Crippen MR) is 162 cm³/mol. The highest BCUT2D eigenvalue weighted by molar-refractivity contribution is 5.68. The number of nitrogens with zero attached hydrogens (tertiary/aromatic N) is 1. The molecule has 4 atom stereocenters. The Hall–Kier alpha value is -3.76. The number of rotatable bonds is 21. The van der Waals surface area contributed by atoms with Crippen molar-refractivity contribution in [2.24, 2.45) is 5.92 Å². The number of aldehydes is 2. The zero-order valence-corrected chi connectivity index (χ0v) is 24.7. The lowest BCUT2D eigenvalue weighted by Crippen LogP contribution is -2.72. The second kappa shape index (κ2) is 18.6. The summed E-state index contributed by atoms with van der Waals surface area (Å²) in [5.74, 6) is -0.389. The third kappa shape index (κ3) is 11.6. The van der Waals surface area contributed by atoms with Gasteiger partial charge in [-0.05, 0) is 50.8 Å². The van der Waals surface area contributed by atoms with Gasteiger partial charge in [-0.3, -0.25) is 5.43 Å². The number of hydrogen-bond donors (Lipinski definition) is 5. The van der Waals surface area contributed by atoms with E-state index in [4.69, 9.17) is 0 Å². The van der Waals surface area contributed by atoms with E-state index in [1.807, 2.05) is 67.6 Å². The standard InChI is InChI=1S/C32H46N4O6/c1-25(23-37)33-20-14-6-4-3-5-13-19-29(21-27-15-9-7-10-16-27)32(34-30(39)40,22-28-17-11-8-12-18-28)36(26(2)24-38)35-31(41)42/h7-12,15-18,23-26,29,33-35H,3-6,13-14,19-22H2,1-2H3,(H,39,40)(H,41,42)/t25?,26-,29-,32?/m0/s1. The van der Waals surface area contributed by atoms with E-state index in [-0.39, 0.29) is 18.4 Å². The number of nitrogens with one attached hydrogen (secondary N) is 3. The third-order valence-corrected chi connectivity index (χ3v) is 7.54. The SMILES string of the molecule is CC(C=O)NCCCCCCCC[C@@H](Cc1ccccc1)C(Cc1ccccc1)(NC(=O)O)N(NC(=O)O)[C@@H](C)C=O. The maximum Gasteiger partial charge on any atom is 0.419 e. The molecule has 2 amide bonds. The average Bonchev–Trinajstić information content (AvgIpc) is 2.98. The fourth-order valence-electron chi connectivity index (χ4n) is 5.46. The highest BCUT2D eigenvalue weighted by atomic mass is 16.4. The van der Waals surface area contributed by atoms with E-state index in [1.165, 1.54) is 5.01 Å². The van der Waals surface area contributed by atoms with Crippen molar-refractivity contribution in [2.45, 2.75) is 89.4 Å². The van der Waals surface area contributed by atoms with Crippen LogP contribution in [0.1, 0.15) is 69.9 Å². The maximum atomic E-state index is 12.4. The Morgan fingerprint density at radius 1 is 0.810 bits per heavy atom. The molecule has 0 saturated heterocycles. The largest absolute Gasteiger partial charge is 0.465 e. The van der Waals surface area contributed by atoms with Crippen molar-refractivity contribution in [1.29, 1.82) is 0 Å². The van der Waals surface area contributed by atoms with Crippen molar-refractivity contribution in [2.75, 3.05) is 6.54 Å². The first kappa shape index (κ1) is 34.4. The molecule has 2 rings (SSSR count). The van der Waals surface area contributed by atoms with Crippen molar-refractivity contribution in [3.63, 3.8) is 0 Å². The molecule has 2 aromatic carbocycles. The number of hydrazine groups is 1. The normalized spacial score (nSPS) is 14.7. The van der Waals surface area contributed by atoms with Gasteiger partial charge >= 0.3 is 12.2 Å². The summed E-state index contributed by atoms with van der Waals surface area (Å²) in [5.41, 5.74) is 2.69. The van der Waals surface area contributed by atoms with Crippen LogP contribution in [-0.2, 0) is 22.4 Å². The Balaban J connectivity index is 2.37. The first-order chi connectivity index (χ1) is 20.2. The first-order valence-electron chi connectivity index (χ1n) is 14.7. The summed E-state index contributed by atoms with van der Waals surface area (Å²) in [6.07, 6.45) is 5.81. The predicted octanol–water partition coefficient (Wildman–Crippen LogP) is 5.03. The number of benzene rings is 2. The summed E-state index contributed by atoms with van der Waals surface area (Å²) in [5, 5.41) is 27.0. The molecule has 230 valence electrons. The molecule has 0 heterocycles. The molecule has 0 saturated carbocycles. The van der Waals surface area contributed by atoms with Gasteiger partial charge in [-0.1, -0.05) is 92.8 Å². The monoisotopic (exact) mass is 582 g/mol. The van der Waals surface area contributed by atoms with Crippen molar-refractivity contribution in [3.05, 3.63) is 71.8 Å². The molecule has 2 aromatic rings. The number of carbonyl (C=O) groups is 4. The molecule has 0 spiro atoms. The van der Waals surface area contributed by atoms with Crippen LogP contribution in [0.2, 0.25) is 0 Å². The summed E-state index contributed by atoms with van der Waals surface area (Å²) in [6, 6.07) is 17.9. The van der Waals surface area contributed by atoms with Crippen LogP contribution in [0.5, 0.6) is 0 Å². The topological polar surface area (TPSA) is 148 Å². The molecule has 0 bridgehead atoms. The molecular weight excluding hydrogens is 536 g/mol. The van der Waals surface area contributed by atoms with Gasteiger partial charge < -0.3 is 30.4 Å². The molecule has 0 aliphatic carbocycles. The Labute approximate surface area is 248 Å². The minimum atomic E-state index is -1.47. The molecule has 0 aliphatic heterocycles. The zero-order chi connectivity index (χ0) is 30.8. The highest BCUT2D eigenvalue weighted by Crippen LogP contribution is 2.34. The maximum absolute atomic E-state index is 12.4. The number of unbranched alkanes of at least 4 members (excludes halogenated alkanes) is 5. The highest BCUT2D eigenvalue weighted by Gasteiger charge is 2.48. The number of carbonyl (C=O) groups excluding carboxylic acids is 2. The van der Waals surface area contributed by atoms with E-state index in [0.717, 1.165) is 62.5 Å². The lowest BCUT2D eigenvalue weighted by Gasteiger charge is -2.49. The molecule has 2 unspecified atom stereocenters. The van der Waals surface area contributed by atoms with Gasteiger partial charge in [0.15, 0.2) is 0 Å². The average molecular weight is 583 g/mol. The smallest absolute Gasteiger partial charge is 0.419 e. The molecule has 5 N–H and O–H groups in total. The lowest BCUT2D eigenvalue weighted by molar-refractivity contribution is -0.121. The molecule has 0 fully saturated rings. The van der Waals surface area contributed by atoms with Crippen molar-refractivity contribution < 1.29 is 29.4 Å². The molecule has 42 heavy (non-hydrogen) atoms. The molecule has 0 aliphatic rings. The van der Waals surface area contributed by atoms with Gasteiger partial charge in [-0.15, -0.1) is 0 Å². The molecule has 10 nitrogen and oxygen atoms in total. The van der Waals surface area contributed by atoms with E-state index >= 15 is 0 Å². The van der Waals surface area contributed by atoms with E-state index in [9.17, 15) is 29.4 Å². The third-order valence-electron chi connectivity index (χ3n) is 7.54. The Kier molecular flexibility index (Phi) is 15.3. The van der Waals surface area contributed by atoms with Gasteiger partial charge in [0.25, 0.3) is 0 Å². The van der Waals surface area contributed by atoms with E-state index in [0.29, 0.717) is 19.1 Å². The van der Waals surface area contributed by atoms with Gasteiger partial charge in [0, 0.05) is 12.3 Å². The summed E-state index contributed by atoms with van der Waals surface area (Å²) in [7, 11) is 0. The molecule has 0 aromatic heterocycles. The fourth-order valence-corrected chi connectivity index (χ4v) is 5.46. The van der Waals surface area contributed by atoms with Gasteiger partial charge in [0.05, 0.1) is 12.1 Å². The Morgan fingerprint density at radius 2 is 1.38 bits per heavy atom. The summed E-state index contributed by atoms with van der Waals surface area (Å²) >= 11 is 0. The van der Waals surface area contributed by atoms with E-state index in [1.54, 1.807) is 6.92 Å². The second-order valence-corrected chi connectivity index (χ2v) is 10.9. The Morgan fingerprint density at radius 3 is 1.93 bits per heavy atom. The first-order valence-corrected chi connectivity index (χ1v) is 14.7. The van der Waals surface area contributed by atoms with Crippen LogP contribution in [0, 0.1) is 5.92 Å². The van der Waals surface area contributed by atoms with Crippen molar-refractivity contribution in [1.82, 2.24) is 21.1 Å². The van der Waals surface area contributed by atoms with Gasteiger partial charge in [0.2, 0.25) is 0 Å².